The third-order valence-corrected chi connectivity index (χ3v) is 3.45. The van der Waals surface area contributed by atoms with E-state index in [0.717, 1.165) is 28.0 Å². The van der Waals surface area contributed by atoms with E-state index in [1.165, 1.54) is 12.1 Å². The van der Waals surface area contributed by atoms with E-state index in [1.54, 1.807) is 12.1 Å². The molecule has 0 fully saturated rings. The Labute approximate surface area is 121 Å². The number of fused-ring (bicyclic) bond motifs is 1. The van der Waals surface area contributed by atoms with E-state index in [1.807, 2.05) is 31.2 Å². The van der Waals surface area contributed by atoms with Crippen LogP contribution in [0.15, 0.2) is 52.9 Å². The molecule has 0 radical (unpaired) electrons. The fraction of sp³-hybridized carbons (Fsp3) is 0.125. The number of aryl methyl sites for hydroxylation is 1. The number of hydrogen-bond donors (Lipinski definition) is 1. The number of anilines is 1. The summed E-state index contributed by atoms with van der Waals surface area (Å²) >= 11 is 0. The Balaban J connectivity index is 1.80. The van der Waals surface area contributed by atoms with Crippen LogP contribution in [0.4, 0.5) is 11.4 Å². The third kappa shape index (κ3) is 2.58. The molecule has 5 heteroatoms. The van der Waals surface area contributed by atoms with Gasteiger partial charge in [0.1, 0.15) is 11.3 Å². The number of nitro groups is 1. The van der Waals surface area contributed by atoms with Crippen molar-refractivity contribution in [1.29, 1.82) is 0 Å². The molecule has 1 N–H and O–H groups in total. The Kier molecular flexibility index (Phi) is 3.31. The second kappa shape index (κ2) is 5.28. The van der Waals surface area contributed by atoms with E-state index >= 15 is 0 Å². The zero-order valence-electron chi connectivity index (χ0n) is 11.5. The molecule has 0 unspecified atom stereocenters. The highest BCUT2D eigenvalue weighted by Gasteiger charge is 2.10. The summed E-state index contributed by atoms with van der Waals surface area (Å²) < 4.78 is 5.71. The van der Waals surface area contributed by atoms with Crippen molar-refractivity contribution in [3.63, 3.8) is 0 Å². The van der Waals surface area contributed by atoms with Crippen LogP contribution in [-0.4, -0.2) is 4.92 Å². The van der Waals surface area contributed by atoms with Gasteiger partial charge in [-0.15, -0.1) is 0 Å². The van der Waals surface area contributed by atoms with Gasteiger partial charge in [0.25, 0.3) is 5.69 Å². The van der Waals surface area contributed by atoms with Crippen LogP contribution >= 0.6 is 0 Å². The van der Waals surface area contributed by atoms with E-state index < -0.39 is 4.92 Å². The van der Waals surface area contributed by atoms with Crippen molar-refractivity contribution >= 4 is 22.3 Å². The van der Waals surface area contributed by atoms with E-state index in [9.17, 15) is 10.1 Å². The van der Waals surface area contributed by atoms with Gasteiger partial charge in [-0.1, -0.05) is 18.2 Å². The SMILES string of the molecule is Cc1oc2ccccc2c1CNc1ccc([N+](=O)[O-])cc1. The summed E-state index contributed by atoms with van der Waals surface area (Å²) in [7, 11) is 0. The zero-order chi connectivity index (χ0) is 14.8. The predicted molar refractivity (Wildman–Crippen MR) is 81.4 cm³/mol. The molecule has 0 atom stereocenters. The van der Waals surface area contributed by atoms with Gasteiger partial charge in [0.15, 0.2) is 0 Å². The first-order valence-electron chi connectivity index (χ1n) is 6.60. The second-order valence-electron chi connectivity index (χ2n) is 4.79. The van der Waals surface area contributed by atoms with Gasteiger partial charge in [0, 0.05) is 35.3 Å². The van der Waals surface area contributed by atoms with Crippen molar-refractivity contribution in [3.05, 3.63) is 70.0 Å². The Morgan fingerprint density at radius 1 is 1.14 bits per heavy atom. The van der Waals surface area contributed by atoms with Crippen LogP contribution in [0.3, 0.4) is 0 Å². The minimum atomic E-state index is -0.405. The van der Waals surface area contributed by atoms with Crippen LogP contribution in [-0.2, 0) is 6.54 Å². The summed E-state index contributed by atoms with van der Waals surface area (Å²) in [6.45, 7) is 2.55. The Morgan fingerprint density at radius 2 is 1.86 bits per heavy atom. The molecule has 0 aliphatic rings. The van der Waals surface area contributed by atoms with Crippen LogP contribution in [0.5, 0.6) is 0 Å². The van der Waals surface area contributed by atoms with Crippen LogP contribution < -0.4 is 5.32 Å². The summed E-state index contributed by atoms with van der Waals surface area (Å²) in [6, 6.07) is 14.3. The number of non-ortho nitro benzene ring substituents is 1. The molecule has 21 heavy (non-hydrogen) atoms. The van der Waals surface area contributed by atoms with Crippen molar-refractivity contribution in [2.45, 2.75) is 13.5 Å². The quantitative estimate of drug-likeness (QED) is 0.573. The molecule has 5 nitrogen and oxygen atoms in total. The molecule has 0 spiro atoms. The number of nitrogens with zero attached hydrogens (tertiary/aromatic N) is 1. The highest BCUT2D eigenvalue weighted by Crippen LogP contribution is 2.26. The fourth-order valence-corrected chi connectivity index (χ4v) is 2.33. The highest BCUT2D eigenvalue weighted by molar-refractivity contribution is 5.82. The monoisotopic (exact) mass is 282 g/mol. The second-order valence-corrected chi connectivity index (χ2v) is 4.79. The number of hydrogen-bond acceptors (Lipinski definition) is 4. The molecule has 1 heterocycles. The molecule has 0 amide bonds. The van der Waals surface area contributed by atoms with Crippen molar-refractivity contribution in [2.75, 3.05) is 5.32 Å². The van der Waals surface area contributed by atoms with E-state index in [2.05, 4.69) is 5.32 Å². The maximum atomic E-state index is 10.6. The number of rotatable bonds is 4. The summed E-state index contributed by atoms with van der Waals surface area (Å²) in [4.78, 5) is 10.2. The lowest BCUT2D eigenvalue weighted by atomic mass is 10.1. The minimum absolute atomic E-state index is 0.0884. The molecule has 0 saturated carbocycles. The topological polar surface area (TPSA) is 68.3 Å². The predicted octanol–water partition coefficient (Wildman–Crippen LogP) is 4.26. The highest BCUT2D eigenvalue weighted by atomic mass is 16.6. The number of benzene rings is 2. The van der Waals surface area contributed by atoms with Crippen LogP contribution in [0, 0.1) is 17.0 Å². The lowest BCUT2D eigenvalue weighted by molar-refractivity contribution is -0.384. The van der Waals surface area contributed by atoms with E-state index in [-0.39, 0.29) is 5.69 Å². The first kappa shape index (κ1) is 13.2. The molecule has 0 bridgehead atoms. The molecule has 1 aromatic heterocycles. The minimum Gasteiger partial charge on any atom is -0.461 e. The van der Waals surface area contributed by atoms with Crippen molar-refractivity contribution in [3.8, 4) is 0 Å². The van der Waals surface area contributed by atoms with Crippen molar-refractivity contribution < 1.29 is 9.34 Å². The summed E-state index contributed by atoms with van der Waals surface area (Å²) in [5.41, 5.74) is 2.90. The molecule has 3 aromatic rings. The lowest BCUT2D eigenvalue weighted by Gasteiger charge is -2.05. The van der Waals surface area contributed by atoms with Crippen LogP contribution in [0.2, 0.25) is 0 Å². The Morgan fingerprint density at radius 3 is 2.57 bits per heavy atom. The third-order valence-electron chi connectivity index (χ3n) is 3.45. The fourth-order valence-electron chi connectivity index (χ4n) is 2.33. The van der Waals surface area contributed by atoms with Gasteiger partial charge in [-0.25, -0.2) is 0 Å². The van der Waals surface area contributed by atoms with Gasteiger partial charge < -0.3 is 9.73 Å². The number of nitro benzene ring substituents is 1. The summed E-state index contributed by atoms with van der Waals surface area (Å²) in [6.07, 6.45) is 0. The maximum Gasteiger partial charge on any atom is 0.269 e. The van der Waals surface area contributed by atoms with Crippen LogP contribution in [0.25, 0.3) is 11.0 Å². The molecule has 0 aliphatic carbocycles. The van der Waals surface area contributed by atoms with E-state index in [0.29, 0.717) is 6.54 Å². The lowest BCUT2D eigenvalue weighted by Crippen LogP contribution is -2.00. The molecular formula is C16H14N2O3. The maximum absolute atomic E-state index is 10.6. The standard InChI is InChI=1S/C16H14N2O3/c1-11-15(14-4-2-3-5-16(14)21-11)10-17-12-6-8-13(9-7-12)18(19)20/h2-9,17H,10H2,1H3. The smallest absolute Gasteiger partial charge is 0.269 e. The first-order valence-corrected chi connectivity index (χ1v) is 6.60. The van der Waals surface area contributed by atoms with Gasteiger partial charge in [-0.2, -0.15) is 0 Å². The number of para-hydroxylation sites is 1. The van der Waals surface area contributed by atoms with Crippen LogP contribution in [0.1, 0.15) is 11.3 Å². The molecule has 2 aromatic carbocycles. The van der Waals surface area contributed by atoms with Gasteiger partial charge in [0.2, 0.25) is 0 Å². The first-order chi connectivity index (χ1) is 10.1. The van der Waals surface area contributed by atoms with Crippen molar-refractivity contribution in [2.24, 2.45) is 0 Å². The molecular weight excluding hydrogens is 268 g/mol. The summed E-state index contributed by atoms with van der Waals surface area (Å²) in [5.74, 6) is 0.880. The molecule has 0 aliphatic heterocycles. The summed E-state index contributed by atoms with van der Waals surface area (Å²) in [5, 5.41) is 15.0. The molecule has 106 valence electrons. The molecule has 3 rings (SSSR count). The van der Waals surface area contributed by atoms with Gasteiger partial charge in [-0.3, -0.25) is 10.1 Å². The Bertz CT molecular complexity index is 791. The zero-order valence-corrected chi connectivity index (χ0v) is 11.5. The van der Waals surface area contributed by atoms with Gasteiger partial charge >= 0.3 is 0 Å². The molecule has 0 saturated heterocycles. The largest absolute Gasteiger partial charge is 0.461 e. The Hall–Kier alpha value is -2.82. The van der Waals surface area contributed by atoms with Crippen molar-refractivity contribution in [1.82, 2.24) is 0 Å². The van der Waals surface area contributed by atoms with Gasteiger partial charge in [0.05, 0.1) is 4.92 Å². The van der Waals surface area contributed by atoms with Gasteiger partial charge in [-0.05, 0) is 25.1 Å². The average Bonchev–Trinajstić information content (AvgIpc) is 2.81. The normalized spacial score (nSPS) is 10.7. The van der Waals surface area contributed by atoms with E-state index in [4.69, 9.17) is 4.42 Å². The average molecular weight is 282 g/mol. The number of nitrogens with one attached hydrogen (secondary N) is 1. The number of furan rings is 1.